The predicted octanol–water partition coefficient (Wildman–Crippen LogP) is 10.2. The fourth-order valence-electron chi connectivity index (χ4n) is 8.80. The lowest BCUT2D eigenvalue weighted by molar-refractivity contribution is -0.117. The number of halogens is 4. The van der Waals surface area contributed by atoms with Crippen molar-refractivity contribution in [3.8, 4) is 22.3 Å². The summed E-state index contributed by atoms with van der Waals surface area (Å²) in [6.07, 6.45) is 8.71. The molecule has 4 aromatic carbocycles. The molecule has 10 rings (SSSR count). The van der Waals surface area contributed by atoms with E-state index in [1.54, 1.807) is 49.8 Å². The highest BCUT2D eigenvalue weighted by atomic mass is 32.2. The third kappa shape index (κ3) is 12.0. The van der Waals surface area contributed by atoms with Crippen molar-refractivity contribution in [2.45, 2.75) is 49.6 Å². The number of rotatable bonds is 16. The molecule has 0 atom stereocenters. The number of carbonyl (C=O) groups excluding carboxylic acids is 2. The number of hydrogen-bond donors (Lipinski definition) is 0. The van der Waals surface area contributed by atoms with Crippen LogP contribution in [0, 0.1) is 37.1 Å². The van der Waals surface area contributed by atoms with E-state index in [1.807, 2.05) is 79.7 Å². The van der Waals surface area contributed by atoms with E-state index in [0.717, 1.165) is 51.2 Å². The molecule has 10 aromatic rings. The fraction of sp³-hybridized carbons (Fsp3) is 0.143. The molecule has 0 aliphatic heterocycles. The van der Waals surface area contributed by atoms with Crippen LogP contribution in [0.2, 0.25) is 0 Å². The first kappa shape index (κ1) is 51.5. The van der Waals surface area contributed by atoms with E-state index in [0.29, 0.717) is 29.3 Å². The van der Waals surface area contributed by atoms with E-state index in [9.17, 15) is 44.0 Å². The van der Waals surface area contributed by atoms with Crippen LogP contribution >= 0.6 is 0 Å². The average molecular weight is 1050 g/mol. The Morgan fingerprint density at radius 3 is 1.56 bits per heavy atom. The van der Waals surface area contributed by atoms with E-state index in [-0.39, 0.29) is 57.5 Å². The van der Waals surface area contributed by atoms with Gasteiger partial charge >= 0.3 is 0 Å². The Kier molecular flexibility index (Phi) is 14.8. The Hall–Kier alpha value is -8.42. The number of fused-ring (bicyclic) bond motifs is 2. The number of carbonyl (C=O) groups is 2. The summed E-state index contributed by atoms with van der Waals surface area (Å²) in [7, 11) is -8.49. The number of aryl methyl sites for hydroxylation is 2. The minimum atomic E-state index is -4.26. The highest BCUT2D eigenvalue weighted by Crippen LogP contribution is 2.33. The summed E-state index contributed by atoms with van der Waals surface area (Å²) in [5.41, 5.74) is 7.10. The molecule has 19 heteroatoms. The van der Waals surface area contributed by atoms with E-state index in [4.69, 9.17) is 4.52 Å². The van der Waals surface area contributed by atoms with Gasteiger partial charge in [-0.25, -0.2) is 34.4 Å². The summed E-state index contributed by atoms with van der Waals surface area (Å²) in [5.74, 6) is -6.07. The van der Waals surface area contributed by atoms with Crippen molar-refractivity contribution in [2.24, 2.45) is 0 Å². The van der Waals surface area contributed by atoms with Crippen molar-refractivity contribution in [3.05, 3.63) is 216 Å². The van der Waals surface area contributed by atoms with Crippen LogP contribution in [0.5, 0.6) is 0 Å². The molecule has 6 heterocycles. The predicted molar refractivity (Wildman–Crippen MR) is 273 cm³/mol. The van der Waals surface area contributed by atoms with Crippen molar-refractivity contribution in [2.75, 3.05) is 11.5 Å². The van der Waals surface area contributed by atoms with Crippen LogP contribution in [0.1, 0.15) is 34.0 Å². The van der Waals surface area contributed by atoms with Crippen molar-refractivity contribution in [1.29, 1.82) is 0 Å². The number of hydrogen-bond acceptors (Lipinski definition) is 11. The standard InChI is InChI=1S/C29H23F2N3O3S.C27H21F2N3O4S/c1-19-11-22(8-10-32-19)21-6-4-5-20(12-21)16-34-17-28(29-26(31)13-23(30)14-27(29)34)38(36,37)18-25(35)15-24-7-2-3-9-33-24;1-17-9-22(31-36-17)13-23(33)16-37(34,35)26-15-32(25-12-21(28)11-24(29)27(25)26)14-18-3-2-4-20(10-18)19-5-7-30-8-6-19/h2-14,17H,15-16,18H2,1H3;2-12,15H,13-14,16H2,1H3. The summed E-state index contributed by atoms with van der Waals surface area (Å²) < 4.78 is 119. The quantitative estimate of drug-likeness (QED) is 0.0842. The lowest BCUT2D eigenvalue weighted by atomic mass is 10.0. The van der Waals surface area contributed by atoms with Crippen molar-refractivity contribution in [1.82, 2.24) is 29.2 Å². The number of ketones is 2. The molecule has 13 nitrogen and oxygen atoms in total. The van der Waals surface area contributed by atoms with E-state index in [2.05, 4.69) is 20.1 Å². The van der Waals surface area contributed by atoms with Gasteiger partial charge in [0.2, 0.25) is 0 Å². The van der Waals surface area contributed by atoms with Crippen LogP contribution in [0.15, 0.2) is 173 Å². The first-order chi connectivity index (χ1) is 35.9. The third-order valence-corrected chi connectivity index (χ3v) is 15.4. The Morgan fingerprint density at radius 1 is 0.533 bits per heavy atom. The normalized spacial score (nSPS) is 11.7. The topological polar surface area (TPSA) is 177 Å². The monoisotopic (exact) mass is 1050 g/mol. The smallest absolute Gasteiger partial charge is 0.187 e. The summed E-state index contributed by atoms with van der Waals surface area (Å²) in [6, 6.07) is 32.7. The minimum absolute atomic E-state index is 0.0740. The Bertz CT molecular complexity index is 4010. The molecule has 0 amide bonds. The van der Waals surface area contributed by atoms with Crippen LogP contribution in [0.25, 0.3) is 44.1 Å². The molecule has 0 fully saturated rings. The molecular formula is C56H44F4N6O7S2. The Labute approximate surface area is 428 Å². The van der Waals surface area contributed by atoms with Crippen molar-refractivity contribution < 1.29 is 48.5 Å². The molecule has 6 aromatic heterocycles. The lowest BCUT2D eigenvalue weighted by Gasteiger charge is -2.09. The van der Waals surface area contributed by atoms with Gasteiger partial charge in [0, 0.05) is 86.3 Å². The zero-order chi connectivity index (χ0) is 53.0. The van der Waals surface area contributed by atoms with Gasteiger partial charge < -0.3 is 13.7 Å². The molecule has 75 heavy (non-hydrogen) atoms. The zero-order valence-electron chi connectivity index (χ0n) is 40.1. The van der Waals surface area contributed by atoms with Gasteiger partial charge in [-0.2, -0.15) is 0 Å². The summed E-state index contributed by atoms with van der Waals surface area (Å²) in [4.78, 5) is 36.7. The SMILES string of the molecule is Cc1cc(-c2cccc(Cn3cc(S(=O)(=O)CC(=O)Cc4ccccn4)c4c(F)cc(F)cc43)c2)ccn1.Cc1cc(CC(=O)CS(=O)(=O)c2cn(Cc3cccc(-c4ccncc4)c3)c3cc(F)cc(F)c23)no1. The molecule has 0 aliphatic rings. The zero-order valence-corrected chi connectivity index (χ0v) is 41.8. The van der Waals surface area contributed by atoms with Crippen molar-refractivity contribution in [3.63, 3.8) is 0 Å². The summed E-state index contributed by atoms with van der Waals surface area (Å²) >= 11 is 0. The highest BCUT2D eigenvalue weighted by Gasteiger charge is 2.29. The molecule has 0 spiro atoms. The van der Waals surface area contributed by atoms with Crippen LogP contribution < -0.4 is 0 Å². The number of nitrogens with zero attached hydrogens (tertiary/aromatic N) is 6. The minimum Gasteiger partial charge on any atom is -0.361 e. The van der Waals surface area contributed by atoms with Gasteiger partial charge in [-0.3, -0.25) is 24.5 Å². The third-order valence-electron chi connectivity index (χ3n) is 12.1. The first-order valence-corrected chi connectivity index (χ1v) is 26.5. The van der Waals surface area contributed by atoms with Crippen LogP contribution in [0.3, 0.4) is 0 Å². The van der Waals surface area contributed by atoms with E-state index in [1.165, 1.54) is 27.7 Å². The molecule has 380 valence electrons. The summed E-state index contributed by atoms with van der Waals surface area (Å²) in [5, 5.41) is 3.22. The van der Waals surface area contributed by atoms with Crippen molar-refractivity contribution >= 4 is 53.0 Å². The fourth-order valence-corrected chi connectivity index (χ4v) is 11.8. The highest BCUT2D eigenvalue weighted by molar-refractivity contribution is 7.92. The maximum absolute atomic E-state index is 15.0. The summed E-state index contributed by atoms with van der Waals surface area (Å²) in [6.45, 7) is 3.86. The first-order valence-electron chi connectivity index (χ1n) is 23.2. The van der Waals surface area contributed by atoms with E-state index < -0.39 is 66.0 Å². The number of benzene rings is 4. The molecule has 0 bridgehead atoms. The Morgan fingerprint density at radius 2 is 1.05 bits per heavy atom. The number of sulfone groups is 2. The number of pyridine rings is 3. The van der Waals surface area contributed by atoms with Gasteiger partial charge in [0.1, 0.15) is 40.5 Å². The van der Waals surface area contributed by atoms with Crippen LogP contribution in [-0.4, -0.2) is 69.2 Å². The van der Waals surface area contributed by atoms with Crippen LogP contribution in [-0.2, 0) is 55.2 Å². The maximum atomic E-state index is 15.0. The van der Waals surface area contributed by atoms with Gasteiger partial charge in [-0.05, 0) is 108 Å². The molecule has 0 saturated carbocycles. The second-order valence-electron chi connectivity index (χ2n) is 17.8. The van der Waals surface area contributed by atoms with Gasteiger partial charge in [-0.15, -0.1) is 0 Å². The largest absolute Gasteiger partial charge is 0.361 e. The Balaban J connectivity index is 0.000000184. The molecule has 0 radical (unpaired) electrons. The lowest BCUT2D eigenvalue weighted by Crippen LogP contribution is -2.18. The van der Waals surface area contributed by atoms with Gasteiger partial charge in [0.15, 0.2) is 31.2 Å². The maximum Gasteiger partial charge on any atom is 0.187 e. The van der Waals surface area contributed by atoms with Gasteiger partial charge in [-0.1, -0.05) is 47.6 Å². The van der Waals surface area contributed by atoms with Gasteiger partial charge in [0.05, 0.1) is 43.7 Å². The molecule has 0 saturated heterocycles. The van der Waals surface area contributed by atoms with Crippen LogP contribution in [0.4, 0.5) is 17.6 Å². The number of Topliss-reactive ketones (excluding diaryl/α,β-unsaturated/α-hetero) is 2. The molecule has 0 unspecified atom stereocenters. The molecular weight excluding hydrogens is 1010 g/mol. The second kappa shape index (κ2) is 21.6. The van der Waals surface area contributed by atoms with Gasteiger partial charge in [0.25, 0.3) is 0 Å². The number of aromatic nitrogens is 6. The van der Waals surface area contributed by atoms with E-state index >= 15 is 0 Å². The second-order valence-corrected chi connectivity index (χ2v) is 21.7. The molecule has 0 N–H and O–H groups in total. The average Bonchev–Trinajstić information content (AvgIpc) is 4.07. The molecule has 0 aliphatic carbocycles.